The molecule has 4 heterocycles. The van der Waals surface area contributed by atoms with Crippen LogP contribution < -0.4 is 10.3 Å². The molecular weight excluding hydrogens is 380 g/mol. The van der Waals surface area contributed by atoms with E-state index in [2.05, 4.69) is 16.9 Å². The highest BCUT2D eigenvalue weighted by atomic mass is 32.1. The van der Waals surface area contributed by atoms with Gasteiger partial charge >= 0.3 is 5.97 Å². The lowest BCUT2D eigenvalue weighted by molar-refractivity contribution is -0.111. The first kappa shape index (κ1) is 18.3. The second-order valence-corrected chi connectivity index (χ2v) is 7.65. The maximum Gasteiger partial charge on any atom is 0.341 e. The minimum atomic E-state index is -1.29. The lowest BCUT2D eigenvalue weighted by Crippen LogP contribution is -2.23. The van der Waals surface area contributed by atoms with Gasteiger partial charge in [-0.15, -0.1) is 11.3 Å². The van der Waals surface area contributed by atoms with Crippen molar-refractivity contribution in [1.82, 2.24) is 14.5 Å². The van der Waals surface area contributed by atoms with E-state index < -0.39 is 11.4 Å². The van der Waals surface area contributed by atoms with E-state index in [1.165, 1.54) is 17.5 Å². The Bertz CT molecular complexity index is 1110. The van der Waals surface area contributed by atoms with Crippen LogP contribution in [-0.4, -0.2) is 45.0 Å². The summed E-state index contributed by atoms with van der Waals surface area (Å²) in [6.07, 6.45) is 4.78. The number of carboxylic acid groups (broad SMARTS) is 1. The summed E-state index contributed by atoms with van der Waals surface area (Å²) < 4.78 is 1.54. The van der Waals surface area contributed by atoms with Crippen LogP contribution in [0.15, 0.2) is 34.7 Å². The number of aldehydes is 1. The molecule has 144 valence electrons. The minimum Gasteiger partial charge on any atom is -0.477 e. The van der Waals surface area contributed by atoms with E-state index in [1.54, 1.807) is 28.3 Å². The van der Waals surface area contributed by atoms with Crippen LogP contribution >= 0.6 is 11.3 Å². The molecule has 2 atom stereocenters. The summed E-state index contributed by atoms with van der Waals surface area (Å²) in [5.74, 6) is -0.410. The van der Waals surface area contributed by atoms with Crippen molar-refractivity contribution >= 4 is 40.4 Å². The van der Waals surface area contributed by atoms with E-state index in [1.807, 2.05) is 4.90 Å². The maximum absolute atomic E-state index is 12.6. The molecule has 0 bridgehead atoms. The van der Waals surface area contributed by atoms with Gasteiger partial charge in [-0.3, -0.25) is 9.36 Å². The number of pyridine rings is 2. The summed E-state index contributed by atoms with van der Waals surface area (Å²) in [6.45, 7) is 3.36. The molecule has 0 saturated carbocycles. The smallest absolute Gasteiger partial charge is 0.341 e. The summed E-state index contributed by atoms with van der Waals surface area (Å²) in [5, 5.41) is 11.9. The van der Waals surface area contributed by atoms with Gasteiger partial charge in [0.1, 0.15) is 17.7 Å². The molecular formula is C19H18N4O4S. The predicted molar refractivity (Wildman–Crippen MR) is 106 cm³/mol. The van der Waals surface area contributed by atoms with Crippen molar-refractivity contribution in [3.8, 4) is 5.13 Å². The monoisotopic (exact) mass is 398 g/mol. The topological polar surface area (TPSA) is 105 Å². The van der Waals surface area contributed by atoms with Crippen molar-refractivity contribution in [3.05, 3.63) is 45.7 Å². The third-order valence-electron chi connectivity index (χ3n) is 5.21. The summed E-state index contributed by atoms with van der Waals surface area (Å²) in [4.78, 5) is 46.4. The van der Waals surface area contributed by atoms with Gasteiger partial charge in [0.15, 0.2) is 10.8 Å². The van der Waals surface area contributed by atoms with Gasteiger partial charge in [0.25, 0.3) is 0 Å². The van der Waals surface area contributed by atoms with Crippen LogP contribution in [0.1, 0.15) is 23.7 Å². The highest BCUT2D eigenvalue weighted by Gasteiger charge is 2.32. The number of carbonyl (C=O) groups excluding carboxylic acids is 1. The first-order valence-corrected chi connectivity index (χ1v) is 9.81. The van der Waals surface area contributed by atoms with Gasteiger partial charge in [-0.25, -0.2) is 14.8 Å². The fourth-order valence-corrected chi connectivity index (χ4v) is 4.29. The number of hydrogen-bond acceptors (Lipinski definition) is 7. The Morgan fingerprint density at radius 2 is 2.21 bits per heavy atom. The molecule has 0 unspecified atom stereocenters. The summed E-state index contributed by atoms with van der Waals surface area (Å²) >= 11 is 1.32. The maximum atomic E-state index is 12.6. The molecule has 4 rings (SSSR count). The molecule has 0 radical (unpaired) electrons. The number of aromatic nitrogens is 3. The van der Waals surface area contributed by atoms with E-state index in [-0.39, 0.29) is 22.8 Å². The van der Waals surface area contributed by atoms with Crippen LogP contribution in [0.25, 0.3) is 16.2 Å². The van der Waals surface area contributed by atoms with Gasteiger partial charge in [-0.2, -0.15) is 0 Å². The number of carboxylic acids is 1. The Labute approximate surface area is 164 Å². The molecule has 1 saturated heterocycles. The van der Waals surface area contributed by atoms with Crippen LogP contribution in [0, 0.1) is 11.8 Å². The quantitative estimate of drug-likeness (QED) is 0.657. The number of hydrogen-bond donors (Lipinski definition) is 1. The van der Waals surface area contributed by atoms with Crippen molar-refractivity contribution in [3.63, 3.8) is 0 Å². The Hall–Kier alpha value is -3.07. The summed E-state index contributed by atoms with van der Waals surface area (Å²) in [6, 6.07) is 3.31. The molecule has 0 aromatic carbocycles. The van der Waals surface area contributed by atoms with Gasteiger partial charge in [-0.05, 0) is 18.1 Å². The first-order valence-electron chi connectivity index (χ1n) is 8.93. The number of carbonyl (C=O) groups is 2. The number of aromatic carboxylic acids is 1. The van der Waals surface area contributed by atoms with Crippen LogP contribution in [0.2, 0.25) is 0 Å². The second-order valence-electron chi connectivity index (χ2n) is 6.78. The average Bonchev–Trinajstić information content (AvgIpc) is 3.37. The average molecular weight is 398 g/mol. The van der Waals surface area contributed by atoms with E-state index in [0.717, 1.165) is 12.7 Å². The number of anilines is 1. The predicted octanol–water partition coefficient (Wildman–Crippen LogP) is 2.20. The highest BCUT2D eigenvalue weighted by Crippen LogP contribution is 2.29. The van der Waals surface area contributed by atoms with E-state index in [9.17, 15) is 19.5 Å². The molecule has 9 heteroatoms. The molecule has 1 aliphatic rings. The number of fused-ring (bicyclic) bond motifs is 1. The third kappa shape index (κ3) is 2.97. The molecule has 0 spiro atoms. The molecule has 0 amide bonds. The van der Waals surface area contributed by atoms with E-state index >= 15 is 0 Å². The number of thiazole rings is 1. The van der Waals surface area contributed by atoms with Crippen molar-refractivity contribution in [1.29, 1.82) is 0 Å². The van der Waals surface area contributed by atoms with Crippen molar-refractivity contribution in [2.75, 3.05) is 18.0 Å². The molecule has 3 aromatic heterocycles. The first-order chi connectivity index (χ1) is 13.5. The number of rotatable bonds is 5. The molecule has 3 aromatic rings. The molecule has 1 aliphatic heterocycles. The Morgan fingerprint density at radius 1 is 1.39 bits per heavy atom. The zero-order chi connectivity index (χ0) is 19.8. The van der Waals surface area contributed by atoms with Crippen molar-refractivity contribution < 1.29 is 14.7 Å². The molecule has 1 N–H and O–H groups in total. The molecule has 8 nitrogen and oxygen atoms in total. The van der Waals surface area contributed by atoms with Crippen LogP contribution in [-0.2, 0) is 4.79 Å². The van der Waals surface area contributed by atoms with Crippen LogP contribution in [0.3, 0.4) is 0 Å². The highest BCUT2D eigenvalue weighted by molar-refractivity contribution is 7.12. The molecule has 28 heavy (non-hydrogen) atoms. The van der Waals surface area contributed by atoms with Crippen LogP contribution in [0.4, 0.5) is 5.82 Å². The lowest BCUT2D eigenvalue weighted by Gasteiger charge is -2.18. The zero-order valence-electron chi connectivity index (χ0n) is 15.1. The van der Waals surface area contributed by atoms with Crippen molar-refractivity contribution in [2.45, 2.75) is 13.3 Å². The van der Waals surface area contributed by atoms with Gasteiger partial charge in [0, 0.05) is 36.8 Å². The van der Waals surface area contributed by atoms with Gasteiger partial charge in [0.05, 0.1) is 5.39 Å². The Morgan fingerprint density at radius 3 is 2.82 bits per heavy atom. The fraction of sp³-hybridized carbons (Fsp3) is 0.316. The SMILES string of the molecule is CC[C@H]1CN(c2ccc3c(=O)c(C(=O)O)cn(-c4nccs4)c3n2)C[C@@H]1C=O. The summed E-state index contributed by atoms with van der Waals surface area (Å²) in [5.41, 5.74) is -0.552. The minimum absolute atomic E-state index is 0.0435. The van der Waals surface area contributed by atoms with Gasteiger partial charge in [0.2, 0.25) is 5.43 Å². The zero-order valence-corrected chi connectivity index (χ0v) is 15.9. The van der Waals surface area contributed by atoms with E-state index in [0.29, 0.717) is 29.7 Å². The number of nitrogens with zero attached hydrogens (tertiary/aromatic N) is 4. The third-order valence-corrected chi connectivity index (χ3v) is 5.98. The van der Waals surface area contributed by atoms with Gasteiger partial charge < -0.3 is 14.8 Å². The van der Waals surface area contributed by atoms with Crippen LogP contribution in [0.5, 0.6) is 0 Å². The van der Waals surface area contributed by atoms with Crippen molar-refractivity contribution in [2.24, 2.45) is 11.8 Å². The Balaban J connectivity index is 1.88. The molecule has 0 aliphatic carbocycles. The Kier molecular flexibility index (Phi) is 4.68. The largest absolute Gasteiger partial charge is 0.477 e. The lowest BCUT2D eigenvalue weighted by atomic mass is 9.95. The normalized spacial score (nSPS) is 19.2. The molecule has 1 fully saturated rings. The second kappa shape index (κ2) is 7.16. The van der Waals surface area contributed by atoms with E-state index in [4.69, 9.17) is 0 Å². The standard InChI is InChI=1S/C19H18N4O4S/c1-2-11-7-22(8-12(11)10-24)15-4-3-13-16(25)14(18(26)27)9-23(17(13)21-15)19-20-5-6-28-19/h3-6,9-12H,2,7-8H2,1H3,(H,26,27)/t11-,12+/m0/s1. The van der Waals surface area contributed by atoms with Gasteiger partial charge in [-0.1, -0.05) is 13.3 Å². The summed E-state index contributed by atoms with van der Waals surface area (Å²) in [7, 11) is 0. The fourth-order valence-electron chi connectivity index (χ4n) is 3.67.